The molecule has 0 atom stereocenters. The van der Waals surface area contributed by atoms with Gasteiger partial charge in [0, 0.05) is 30.1 Å². The Morgan fingerprint density at radius 2 is 2.10 bits per heavy atom. The molecule has 0 aliphatic rings. The molecule has 102 valence electrons. The van der Waals surface area contributed by atoms with Gasteiger partial charge in [0.25, 0.3) is 0 Å². The average Bonchev–Trinajstić information content (AvgIpc) is 2.78. The summed E-state index contributed by atoms with van der Waals surface area (Å²) in [7, 11) is 0. The van der Waals surface area contributed by atoms with Gasteiger partial charge >= 0.3 is 5.69 Å². The molecule has 2 N–H and O–H groups in total. The van der Waals surface area contributed by atoms with Crippen LogP contribution in [0, 0.1) is 5.82 Å². The highest BCUT2D eigenvalue weighted by atomic mass is 19.1. The van der Waals surface area contributed by atoms with Crippen molar-refractivity contribution in [1.82, 2.24) is 19.2 Å². The number of aromatic nitrogens is 4. The second kappa shape index (κ2) is 4.86. The van der Waals surface area contributed by atoms with Crippen molar-refractivity contribution in [2.45, 2.75) is 13.1 Å². The summed E-state index contributed by atoms with van der Waals surface area (Å²) >= 11 is 0. The number of hydrogen-bond acceptors (Lipinski definition) is 4. The molecule has 3 rings (SSSR count). The van der Waals surface area contributed by atoms with Crippen LogP contribution < -0.4 is 11.4 Å². The van der Waals surface area contributed by atoms with Gasteiger partial charge in [-0.25, -0.2) is 18.3 Å². The van der Waals surface area contributed by atoms with Gasteiger partial charge < -0.3 is 5.73 Å². The van der Waals surface area contributed by atoms with Crippen molar-refractivity contribution in [3.63, 3.8) is 0 Å². The highest BCUT2D eigenvalue weighted by Crippen LogP contribution is 2.13. The highest BCUT2D eigenvalue weighted by molar-refractivity contribution is 5.32. The monoisotopic (exact) mass is 273 g/mol. The molecule has 0 aliphatic heterocycles. The van der Waals surface area contributed by atoms with Crippen LogP contribution in [0.4, 0.5) is 4.39 Å². The lowest BCUT2D eigenvalue weighted by Crippen LogP contribution is -2.22. The zero-order valence-electron chi connectivity index (χ0n) is 10.5. The molecule has 7 heteroatoms. The molecule has 0 radical (unpaired) electrons. The van der Waals surface area contributed by atoms with Crippen molar-refractivity contribution in [3.8, 4) is 0 Å². The van der Waals surface area contributed by atoms with Gasteiger partial charge in [-0.3, -0.25) is 4.98 Å². The molecular formula is C13H12FN5O. The second-order valence-electron chi connectivity index (χ2n) is 4.34. The van der Waals surface area contributed by atoms with E-state index in [1.54, 1.807) is 18.2 Å². The van der Waals surface area contributed by atoms with Gasteiger partial charge in [0.2, 0.25) is 0 Å². The van der Waals surface area contributed by atoms with Crippen LogP contribution in [0.15, 0.2) is 41.6 Å². The van der Waals surface area contributed by atoms with E-state index in [2.05, 4.69) is 10.1 Å². The minimum Gasteiger partial charge on any atom is -0.326 e. The predicted molar refractivity (Wildman–Crippen MR) is 70.6 cm³/mol. The fourth-order valence-corrected chi connectivity index (χ4v) is 2.06. The largest absolute Gasteiger partial charge is 0.350 e. The number of fused-ring (bicyclic) bond motifs is 1. The fraction of sp³-hybridized carbons (Fsp3) is 0.154. The van der Waals surface area contributed by atoms with Crippen LogP contribution in [0.1, 0.15) is 11.1 Å². The van der Waals surface area contributed by atoms with Crippen LogP contribution in [0.3, 0.4) is 0 Å². The first-order valence-corrected chi connectivity index (χ1v) is 6.06. The lowest BCUT2D eigenvalue weighted by Gasteiger charge is -2.06. The Balaban J connectivity index is 2.06. The summed E-state index contributed by atoms with van der Waals surface area (Å²) in [5.41, 5.74) is 6.36. The van der Waals surface area contributed by atoms with Gasteiger partial charge in [0.05, 0.1) is 12.7 Å². The summed E-state index contributed by atoms with van der Waals surface area (Å²) in [6, 6.07) is 4.95. The number of nitrogens with zero attached hydrogens (tertiary/aromatic N) is 4. The molecule has 0 saturated carbocycles. The lowest BCUT2D eigenvalue weighted by molar-refractivity contribution is 0.566. The summed E-state index contributed by atoms with van der Waals surface area (Å²) in [5, 5.41) is 4.11. The topological polar surface area (TPSA) is 78.2 Å². The zero-order valence-corrected chi connectivity index (χ0v) is 10.5. The number of halogens is 1. The van der Waals surface area contributed by atoms with E-state index < -0.39 is 5.82 Å². The van der Waals surface area contributed by atoms with Gasteiger partial charge in [0.1, 0.15) is 5.82 Å². The molecule has 20 heavy (non-hydrogen) atoms. The second-order valence-corrected chi connectivity index (χ2v) is 4.34. The van der Waals surface area contributed by atoms with Gasteiger partial charge in [-0.2, -0.15) is 0 Å². The van der Waals surface area contributed by atoms with Crippen LogP contribution in [-0.2, 0) is 13.1 Å². The minimum absolute atomic E-state index is 0.0557. The SMILES string of the molecule is NCc1cccc(Cn2nc3cnccn3c2=O)c1F. The molecule has 2 heterocycles. The Bertz CT molecular complexity index is 823. The maximum atomic E-state index is 14.1. The van der Waals surface area contributed by atoms with E-state index in [1.807, 2.05) is 0 Å². The van der Waals surface area contributed by atoms with Gasteiger partial charge in [-0.1, -0.05) is 18.2 Å². The zero-order chi connectivity index (χ0) is 14.1. The van der Waals surface area contributed by atoms with Crippen LogP contribution >= 0.6 is 0 Å². The van der Waals surface area contributed by atoms with E-state index >= 15 is 0 Å². The van der Waals surface area contributed by atoms with Crippen LogP contribution in [-0.4, -0.2) is 19.2 Å². The molecule has 1 aromatic carbocycles. The standard InChI is InChI=1S/C13H12FN5O/c14-12-9(6-15)2-1-3-10(12)8-19-13(20)18-5-4-16-7-11(18)17-19/h1-5,7H,6,8,15H2. The van der Waals surface area contributed by atoms with Crippen molar-refractivity contribution in [1.29, 1.82) is 0 Å². The van der Waals surface area contributed by atoms with Crippen molar-refractivity contribution < 1.29 is 4.39 Å². The fourth-order valence-electron chi connectivity index (χ4n) is 2.06. The van der Waals surface area contributed by atoms with E-state index in [0.717, 1.165) is 0 Å². The van der Waals surface area contributed by atoms with Gasteiger partial charge in [-0.15, -0.1) is 5.10 Å². The summed E-state index contributed by atoms with van der Waals surface area (Å²) in [5.74, 6) is -0.392. The van der Waals surface area contributed by atoms with E-state index in [4.69, 9.17) is 5.73 Å². The molecule has 0 aliphatic carbocycles. The molecule has 0 amide bonds. The van der Waals surface area contributed by atoms with Crippen molar-refractivity contribution >= 4 is 5.65 Å². The van der Waals surface area contributed by atoms with E-state index in [-0.39, 0.29) is 18.8 Å². The van der Waals surface area contributed by atoms with E-state index in [1.165, 1.54) is 27.7 Å². The molecule has 0 saturated heterocycles. The third-order valence-corrected chi connectivity index (χ3v) is 3.09. The van der Waals surface area contributed by atoms with Crippen molar-refractivity contribution in [3.05, 3.63) is 64.2 Å². The Labute approximate surface area is 113 Å². The molecule has 0 bridgehead atoms. The smallest absolute Gasteiger partial charge is 0.326 e. The van der Waals surface area contributed by atoms with Crippen LogP contribution in [0.2, 0.25) is 0 Å². The summed E-state index contributed by atoms with van der Waals surface area (Å²) in [6.45, 7) is 0.170. The van der Waals surface area contributed by atoms with Crippen molar-refractivity contribution in [2.75, 3.05) is 0 Å². The first kappa shape index (κ1) is 12.5. The molecule has 3 aromatic rings. The van der Waals surface area contributed by atoms with E-state index in [0.29, 0.717) is 16.8 Å². The number of rotatable bonds is 3. The maximum Gasteiger partial charge on any atom is 0.350 e. The van der Waals surface area contributed by atoms with Crippen LogP contribution in [0.5, 0.6) is 0 Å². The molecule has 0 spiro atoms. The number of hydrogen-bond donors (Lipinski definition) is 1. The van der Waals surface area contributed by atoms with Gasteiger partial charge in [-0.05, 0) is 0 Å². The first-order chi connectivity index (χ1) is 9.70. The Morgan fingerprint density at radius 1 is 1.30 bits per heavy atom. The van der Waals surface area contributed by atoms with Gasteiger partial charge in [0.15, 0.2) is 5.65 Å². The first-order valence-electron chi connectivity index (χ1n) is 6.06. The molecule has 0 unspecified atom stereocenters. The van der Waals surface area contributed by atoms with E-state index in [9.17, 15) is 9.18 Å². The Kier molecular flexibility index (Phi) is 3.03. The molecule has 2 aromatic heterocycles. The Morgan fingerprint density at radius 3 is 2.85 bits per heavy atom. The van der Waals surface area contributed by atoms with Crippen LogP contribution in [0.25, 0.3) is 5.65 Å². The van der Waals surface area contributed by atoms with Crippen molar-refractivity contribution in [2.24, 2.45) is 5.73 Å². The lowest BCUT2D eigenvalue weighted by atomic mass is 10.1. The predicted octanol–water partition coefficient (Wildman–Crippen LogP) is 0.537. The maximum absolute atomic E-state index is 14.1. The third kappa shape index (κ3) is 1.97. The summed E-state index contributed by atoms with van der Waals surface area (Å²) < 4.78 is 16.7. The quantitative estimate of drug-likeness (QED) is 0.755. The highest BCUT2D eigenvalue weighted by Gasteiger charge is 2.11. The average molecular weight is 273 g/mol. The number of nitrogens with two attached hydrogens (primary N) is 1. The third-order valence-electron chi connectivity index (χ3n) is 3.09. The molecule has 0 fully saturated rings. The molecular weight excluding hydrogens is 261 g/mol. The normalized spacial score (nSPS) is 11.1. The summed E-state index contributed by atoms with van der Waals surface area (Å²) in [4.78, 5) is 16.0. The Hall–Kier alpha value is -2.54. The molecule has 6 nitrogen and oxygen atoms in total. The minimum atomic E-state index is -0.392. The number of benzene rings is 1. The summed E-state index contributed by atoms with van der Waals surface area (Å²) in [6.07, 6.45) is 4.49.